The van der Waals surface area contributed by atoms with E-state index in [1.165, 1.54) is 6.42 Å². The quantitative estimate of drug-likeness (QED) is 0.561. The summed E-state index contributed by atoms with van der Waals surface area (Å²) < 4.78 is 13.5. The van der Waals surface area contributed by atoms with Gasteiger partial charge in [-0.25, -0.2) is 4.79 Å². The minimum absolute atomic E-state index is 0.176. The molecule has 1 aromatic heterocycles. The van der Waals surface area contributed by atoms with E-state index in [0.29, 0.717) is 41.9 Å². The van der Waals surface area contributed by atoms with Crippen molar-refractivity contribution in [3.8, 4) is 17.2 Å². The second-order valence-electron chi connectivity index (χ2n) is 7.70. The fourth-order valence-corrected chi connectivity index (χ4v) is 4.18. The molecule has 0 radical (unpaired) electrons. The van der Waals surface area contributed by atoms with Crippen molar-refractivity contribution in [1.82, 2.24) is 14.9 Å². The first kappa shape index (κ1) is 19.7. The maximum Gasteiger partial charge on any atom is 0.350 e. The second-order valence-corrected chi connectivity index (χ2v) is 7.70. The zero-order chi connectivity index (χ0) is 20.2. The molecule has 1 aromatic carbocycles. The molecule has 156 valence electrons. The minimum Gasteiger partial charge on any atom is -0.490 e. The van der Waals surface area contributed by atoms with Crippen molar-refractivity contribution in [3.63, 3.8) is 0 Å². The summed E-state index contributed by atoms with van der Waals surface area (Å²) in [6.45, 7) is 1.86. The van der Waals surface area contributed by atoms with Crippen LogP contribution in [0.3, 0.4) is 0 Å². The third-order valence-electron chi connectivity index (χ3n) is 5.76. The number of aromatic nitrogens is 2. The molecule has 29 heavy (non-hydrogen) atoms. The molecule has 0 spiro atoms. The Labute approximate surface area is 170 Å². The highest BCUT2D eigenvalue weighted by Gasteiger charge is 2.27. The van der Waals surface area contributed by atoms with Crippen molar-refractivity contribution in [2.75, 3.05) is 32.1 Å². The van der Waals surface area contributed by atoms with Gasteiger partial charge in [-0.15, -0.1) is 0 Å². The van der Waals surface area contributed by atoms with E-state index in [1.807, 2.05) is 25.2 Å². The van der Waals surface area contributed by atoms with Gasteiger partial charge in [-0.2, -0.15) is 4.98 Å². The van der Waals surface area contributed by atoms with Gasteiger partial charge in [0.1, 0.15) is 18.0 Å². The normalized spacial score (nSPS) is 20.2. The van der Waals surface area contributed by atoms with E-state index < -0.39 is 0 Å². The predicted octanol–water partition coefficient (Wildman–Crippen LogP) is 2.77. The topological polar surface area (TPSA) is 103 Å². The summed E-state index contributed by atoms with van der Waals surface area (Å²) in [6.07, 6.45) is 7.26. The molecule has 8 nitrogen and oxygen atoms in total. The molecule has 0 unspecified atom stereocenters. The van der Waals surface area contributed by atoms with Gasteiger partial charge in [-0.05, 0) is 63.7 Å². The molecule has 4 N–H and O–H groups in total. The third-order valence-corrected chi connectivity index (χ3v) is 5.76. The average molecular weight is 399 g/mol. The number of ether oxygens (including phenoxy) is 2. The molecular weight excluding hydrogens is 370 g/mol. The van der Waals surface area contributed by atoms with Gasteiger partial charge in [-0.1, -0.05) is 6.07 Å². The van der Waals surface area contributed by atoms with E-state index in [0.717, 1.165) is 38.1 Å². The van der Waals surface area contributed by atoms with Crippen molar-refractivity contribution >= 4 is 11.5 Å². The molecule has 2 aliphatic rings. The Morgan fingerprint density at radius 1 is 1.31 bits per heavy atom. The third kappa shape index (κ3) is 4.23. The van der Waals surface area contributed by atoms with Crippen LogP contribution < -0.4 is 31.5 Å². The van der Waals surface area contributed by atoms with Crippen LogP contribution in [-0.2, 0) is 0 Å². The first-order valence-electron chi connectivity index (χ1n) is 10.4. The number of nitrogens with one attached hydrogen (secondary N) is 2. The summed E-state index contributed by atoms with van der Waals surface area (Å²) >= 11 is 0. The number of para-hydroxylation sites is 1. The van der Waals surface area contributed by atoms with Crippen molar-refractivity contribution in [2.45, 2.75) is 38.1 Å². The van der Waals surface area contributed by atoms with Crippen molar-refractivity contribution in [3.05, 3.63) is 34.9 Å². The maximum atomic E-state index is 12.7. The van der Waals surface area contributed by atoms with Crippen LogP contribution in [0, 0.1) is 5.92 Å². The van der Waals surface area contributed by atoms with Gasteiger partial charge < -0.3 is 25.8 Å². The SMILES string of the molecule is CNCCC1CCC(n2cc3c(nc2=O)Nc2c(OCCN)cccc2O3)CC1. The van der Waals surface area contributed by atoms with Gasteiger partial charge in [-0.3, -0.25) is 4.57 Å². The predicted molar refractivity (Wildman–Crippen MR) is 112 cm³/mol. The Bertz CT molecular complexity index is 906. The Hall–Kier alpha value is -2.58. The largest absolute Gasteiger partial charge is 0.490 e. The van der Waals surface area contributed by atoms with E-state index in [2.05, 4.69) is 15.6 Å². The molecule has 0 saturated heterocycles. The molecular formula is C21H29N5O3. The minimum atomic E-state index is -0.248. The molecule has 1 saturated carbocycles. The number of benzene rings is 1. The Kier molecular flexibility index (Phi) is 6.01. The summed E-state index contributed by atoms with van der Waals surface area (Å²) in [5.74, 6) is 2.99. The number of nitrogens with zero attached hydrogens (tertiary/aromatic N) is 2. The van der Waals surface area contributed by atoms with Gasteiger partial charge in [0.25, 0.3) is 0 Å². The van der Waals surface area contributed by atoms with Gasteiger partial charge in [0, 0.05) is 12.6 Å². The molecule has 0 amide bonds. The fraction of sp³-hybridized carbons (Fsp3) is 0.524. The smallest absolute Gasteiger partial charge is 0.350 e. The van der Waals surface area contributed by atoms with E-state index in [1.54, 1.807) is 10.8 Å². The monoisotopic (exact) mass is 399 g/mol. The van der Waals surface area contributed by atoms with Crippen LogP contribution in [0.25, 0.3) is 0 Å². The van der Waals surface area contributed by atoms with E-state index >= 15 is 0 Å². The van der Waals surface area contributed by atoms with E-state index in [9.17, 15) is 4.79 Å². The molecule has 1 fully saturated rings. The molecule has 8 heteroatoms. The lowest BCUT2D eigenvalue weighted by Crippen LogP contribution is -2.31. The average Bonchev–Trinajstić information content (AvgIpc) is 2.75. The Balaban J connectivity index is 1.52. The highest BCUT2D eigenvalue weighted by Crippen LogP contribution is 2.45. The number of fused-ring (bicyclic) bond motifs is 2. The number of hydrogen-bond donors (Lipinski definition) is 3. The molecule has 0 bridgehead atoms. The lowest BCUT2D eigenvalue weighted by Gasteiger charge is -2.30. The van der Waals surface area contributed by atoms with Gasteiger partial charge in [0.15, 0.2) is 17.3 Å². The molecule has 2 heterocycles. The number of anilines is 2. The second kappa shape index (κ2) is 8.84. The van der Waals surface area contributed by atoms with Gasteiger partial charge in [0.2, 0.25) is 0 Å². The number of hydrogen-bond acceptors (Lipinski definition) is 7. The molecule has 2 aromatic rings. The fourth-order valence-electron chi connectivity index (χ4n) is 4.18. The summed E-state index contributed by atoms with van der Waals surface area (Å²) in [7, 11) is 1.99. The van der Waals surface area contributed by atoms with Crippen LogP contribution in [0.2, 0.25) is 0 Å². The van der Waals surface area contributed by atoms with Crippen molar-refractivity contribution in [1.29, 1.82) is 0 Å². The van der Waals surface area contributed by atoms with E-state index in [4.69, 9.17) is 15.2 Å². The summed E-state index contributed by atoms with van der Waals surface area (Å²) in [5, 5.41) is 6.42. The van der Waals surface area contributed by atoms with Crippen LogP contribution in [0.1, 0.15) is 38.1 Å². The van der Waals surface area contributed by atoms with Crippen LogP contribution in [0.4, 0.5) is 11.5 Å². The highest BCUT2D eigenvalue weighted by molar-refractivity contribution is 5.77. The van der Waals surface area contributed by atoms with Gasteiger partial charge in [0.05, 0.1) is 6.20 Å². The zero-order valence-electron chi connectivity index (χ0n) is 16.8. The lowest BCUT2D eigenvalue weighted by molar-refractivity contribution is 0.256. The van der Waals surface area contributed by atoms with E-state index in [-0.39, 0.29) is 11.7 Å². The molecule has 1 aliphatic heterocycles. The zero-order valence-corrected chi connectivity index (χ0v) is 16.8. The first-order valence-corrected chi connectivity index (χ1v) is 10.4. The van der Waals surface area contributed by atoms with Crippen molar-refractivity contribution < 1.29 is 9.47 Å². The maximum absolute atomic E-state index is 12.7. The van der Waals surface area contributed by atoms with Crippen molar-refractivity contribution in [2.24, 2.45) is 11.7 Å². The summed E-state index contributed by atoms with van der Waals surface area (Å²) in [4.78, 5) is 17.0. The number of rotatable bonds is 7. The van der Waals surface area contributed by atoms with Crippen LogP contribution in [0.5, 0.6) is 17.2 Å². The molecule has 1 aliphatic carbocycles. The Morgan fingerprint density at radius 2 is 2.14 bits per heavy atom. The first-order chi connectivity index (χ1) is 14.2. The van der Waals surface area contributed by atoms with Gasteiger partial charge >= 0.3 is 5.69 Å². The summed E-state index contributed by atoms with van der Waals surface area (Å²) in [6, 6.07) is 5.75. The standard InChI is InChI=1S/C21H29N5O3/c1-23-11-9-14-5-7-15(8-6-14)26-13-18-20(25-21(26)27)24-19-16(28-12-10-22)3-2-4-17(19)29-18/h2-4,13-15,23H,5-12,22H2,1H3,(H,24,25,27). The number of nitrogens with two attached hydrogens (primary N) is 1. The molecule has 0 atom stereocenters. The van der Waals surface area contributed by atoms with Crippen LogP contribution in [0.15, 0.2) is 29.2 Å². The Morgan fingerprint density at radius 3 is 2.90 bits per heavy atom. The molecule has 4 rings (SSSR count). The highest BCUT2D eigenvalue weighted by atomic mass is 16.5. The lowest BCUT2D eigenvalue weighted by atomic mass is 9.84. The van der Waals surface area contributed by atoms with Crippen LogP contribution >= 0.6 is 0 Å². The summed E-state index contributed by atoms with van der Waals surface area (Å²) in [5.41, 5.74) is 5.95. The van der Waals surface area contributed by atoms with Crippen LogP contribution in [-0.4, -0.2) is 36.3 Å².